The number of hydrogen-bond acceptors (Lipinski definition) is 4. The van der Waals surface area contributed by atoms with Crippen molar-refractivity contribution in [3.8, 4) is 5.75 Å². The zero-order valence-corrected chi connectivity index (χ0v) is 17.0. The van der Waals surface area contributed by atoms with E-state index in [1.165, 1.54) is 4.90 Å². The van der Waals surface area contributed by atoms with Gasteiger partial charge in [-0.15, -0.1) is 0 Å². The lowest BCUT2D eigenvalue weighted by atomic mass is 9.81. The molecule has 154 valence electrons. The van der Waals surface area contributed by atoms with E-state index in [0.29, 0.717) is 6.42 Å². The standard InChI is InChI=1S/C23H24N4O3/c1-23-13-17-16-12-15(30-2)8-9-18(16)25-19(17)20(14-6-4-3-5-7-14)27(23)22(29)26(11-10-24)21(23)28/h3-9,12,20,25H,10-11,13,24H2,1-2H3. The van der Waals surface area contributed by atoms with E-state index in [-0.39, 0.29) is 25.0 Å². The summed E-state index contributed by atoms with van der Waals surface area (Å²) in [6.07, 6.45) is 0.435. The Morgan fingerprint density at radius 2 is 1.97 bits per heavy atom. The Balaban J connectivity index is 1.77. The number of hydrogen-bond donors (Lipinski definition) is 2. The first-order chi connectivity index (χ1) is 14.5. The van der Waals surface area contributed by atoms with Crippen molar-refractivity contribution < 1.29 is 14.3 Å². The Morgan fingerprint density at radius 1 is 1.20 bits per heavy atom. The van der Waals surface area contributed by atoms with Crippen molar-refractivity contribution >= 4 is 22.8 Å². The molecule has 2 aliphatic heterocycles. The van der Waals surface area contributed by atoms with Gasteiger partial charge < -0.3 is 15.5 Å². The van der Waals surface area contributed by atoms with Crippen LogP contribution in [0.2, 0.25) is 0 Å². The summed E-state index contributed by atoms with van der Waals surface area (Å²) in [5, 5.41) is 1.02. The van der Waals surface area contributed by atoms with Crippen molar-refractivity contribution in [3.63, 3.8) is 0 Å². The molecule has 1 fully saturated rings. The van der Waals surface area contributed by atoms with Gasteiger partial charge in [0.05, 0.1) is 7.11 Å². The minimum atomic E-state index is -0.974. The van der Waals surface area contributed by atoms with Gasteiger partial charge in [-0.3, -0.25) is 14.6 Å². The molecule has 1 saturated heterocycles. The number of urea groups is 1. The topological polar surface area (TPSA) is 91.7 Å². The molecule has 0 saturated carbocycles. The van der Waals surface area contributed by atoms with Crippen LogP contribution in [-0.2, 0) is 11.2 Å². The smallest absolute Gasteiger partial charge is 0.328 e. The average Bonchev–Trinajstić information content (AvgIpc) is 3.20. The molecular weight excluding hydrogens is 380 g/mol. The van der Waals surface area contributed by atoms with Crippen LogP contribution in [0, 0.1) is 0 Å². The largest absolute Gasteiger partial charge is 0.497 e. The molecule has 2 unspecified atom stereocenters. The molecule has 5 rings (SSSR count). The third kappa shape index (κ3) is 2.42. The number of aromatic amines is 1. The molecule has 3 heterocycles. The van der Waals surface area contributed by atoms with Crippen LogP contribution in [0.15, 0.2) is 48.5 Å². The number of amides is 3. The van der Waals surface area contributed by atoms with Crippen LogP contribution in [0.4, 0.5) is 4.79 Å². The zero-order valence-electron chi connectivity index (χ0n) is 17.0. The Hall–Kier alpha value is -3.32. The summed E-state index contributed by atoms with van der Waals surface area (Å²) in [4.78, 5) is 33.4. The number of ether oxygens (including phenoxy) is 1. The summed E-state index contributed by atoms with van der Waals surface area (Å²) in [6, 6.07) is 15.0. The number of fused-ring (bicyclic) bond motifs is 4. The fraction of sp³-hybridized carbons (Fsp3) is 0.304. The van der Waals surface area contributed by atoms with Crippen LogP contribution < -0.4 is 10.5 Å². The SMILES string of the molecule is COc1ccc2[nH]c3c(c2c1)CC1(C)C(=O)N(CCN)C(=O)N1C3c1ccccc1. The Kier molecular flexibility index (Phi) is 4.11. The average molecular weight is 404 g/mol. The summed E-state index contributed by atoms with van der Waals surface area (Å²) in [6.45, 7) is 2.32. The lowest BCUT2D eigenvalue weighted by Gasteiger charge is -2.42. The molecule has 7 nitrogen and oxygen atoms in total. The summed E-state index contributed by atoms with van der Waals surface area (Å²) in [7, 11) is 1.64. The first kappa shape index (κ1) is 18.7. The second-order valence-electron chi connectivity index (χ2n) is 8.09. The Morgan fingerprint density at radius 3 is 2.67 bits per heavy atom. The molecule has 2 atom stereocenters. The number of nitrogens with zero attached hydrogens (tertiary/aromatic N) is 2. The number of nitrogens with one attached hydrogen (secondary N) is 1. The van der Waals surface area contributed by atoms with Crippen LogP contribution in [0.3, 0.4) is 0 Å². The number of carbonyl (C=O) groups excluding carboxylic acids is 2. The molecular formula is C23H24N4O3. The number of carbonyl (C=O) groups is 2. The minimum Gasteiger partial charge on any atom is -0.497 e. The van der Waals surface area contributed by atoms with Gasteiger partial charge in [0.2, 0.25) is 0 Å². The highest BCUT2D eigenvalue weighted by Gasteiger charge is 2.59. The van der Waals surface area contributed by atoms with Crippen LogP contribution in [-0.4, -0.2) is 52.5 Å². The highest BCUT2D eigenvalue weighted by atomic mass is 16.5. The lowest BCUT2D eigenvalue weighted by Crippen LogP contribution is -2.53. The van der Waals surface area contributed by atoms with Gasteiger partial charge in [-0.2, -0.15) is 0 Å². The molecule has 1 aromatic heterocycles. The maximum absolute atomic E-state index is 13.4. The van der Waals surface area contributed by atoms with E-state index in [4.69, 9.17) is 10.5 Å². The van der Waals surface area contributed by atoms with Gasteiger partial charge in [-0.25, -0.2) is 4.79 Å². The van der Waals surface area contributed by atoms with Crippen molar-refractivity contribution in [1.29, 1.82) is 0 Å². The second kappa shape index (κ2) is 6.60. The van der Waals surface area contributed by atoms with E-state index in [1.807, 2.05) is 55.5 Å². The second-order valence-corrected chi connectivity index (χ2v) is 8.09. The number of H-pyrrole nitrogens is 1. The predicted molar refractivity (Wildman–Crippen MR) is 113 cm³/mol. The van der Waals surface area contributed by atoms with Crippen LogP contribution >= 0.6 is 0 Å². The number of aromatic nitrogens is 1. The molecule has 7 heteroatoms. The fourth-order valence-electron chi connectivity index (χ4n) is 4.93. The van der Waals surface area contributed by atoms with Gasteiger partial charge in [0.15, 0.2) is 0 Å². The number of benzene rings is 2. The van der Waals surface area contributed by atoms with E-state index in [1.54, 1.807) is 12.0 Å². The molecule has 2 aromatic carbocycles. The van der Waals surface area contributed by atoms with Crippen molar-refractivity contribution in [2.45, 2.75) is 24.9 Å². The predicted octanol–water partition coefficient (Wildman–Crippen LogP) is 2.80. The van der Waals surface area contributed by atoms with Gasteiger partial charge in [0.25, 0.3) is 5.91 Å². The number of methoxy groups -OCH3 is 1. The molecule has 0 bridgehead atoms. The molecule has 0 radical (unpaired) electrons. The lowest BCUT2D eigenvalue weighted by molar-refractivity contribution is -0.133. The van der Waals surface area contributed by atoms with E-state index in [0.717, 1.165) is 33.5 Å². The highest BCUT2D eigenvalue weighted by molar-refractivity contribution is 6.08. The van der Waals surface area contributed by atoms with Crippen LogP contribution in [0.5, 0.6) is 5.75 Å². The quantitative estimate of drug-likeness (QED) is 0.654. The van der Waals surface area contributed by atoms with E-state index < -0.39 is 11.6 Å². The van der Waals surface area contributed by atoms with Crippen molar-refractivity contribution in [3.05, 3.63) is 65.4 Å². The van der Waals surface area contributed by atoms with Crippen molar-refractivity contribution in [2.24, 2.45) is 5.73 Å². The molecule has 3 N–H and O–H groups in total. The molecule has 30 heavy (non-hydrogen) atoms. The summed E-state index contributed by atoms with van der Waals surface area (Å²) < 4.78 is 5.43. The van der Waals surface area contributed by atoms with Gasteiger partial charge >= 0.3 is 6.03 Å². The van der Waals surface area contributed by atoms with Gasteiger partial charge in [0.1, 0.15) is 17.3 Å². The minimum absolute atomic E-state index is 0.193. The summed E-state index contributed by atoms with van der Waals surface area (Å²) >= 11 is 0. The zero-order chi connectivity index (χ0) is 21.0. The summed E-state index contributed by atoms with van der Waals surface area (Å²) in [5.74, 6) is 0.563. The van der Waals surface area contributed by atoms with Gasteiger partial charge in [-0.05, 0) is 36.2 Å². The molecule has 0 aliphatic carbocycles. The van der Waals surface area contributed by atoms with Gasteiger partial charge in [0, 0.05) is 36.1 Å². The monoisotopic (exact) mass is 404 g/mol. The Labute approximate surface area is 174 Å². The fourth-order valence-corrected chi connectivity index (χ4v) is 4.93. The van der Waals surface area contributed by atoms with Crippen molar-refractivity contribution in [2.75, 3.05) is 20.2 Å². The molecule has 2 aliphatic rings. The third-order valence-electron chi connectivity index (χ3n) is 6.34. The summed E-state index contributed by atoms with van der Waals surface area (Å²) in [5.41, 5.74) is 8.63. The normalized spacial score (nSPS) is 23.1. The maximum atomic E-state index is 13.4. The highest BCUT2D eigenvalue weighted by Crippen LogP contribution is 2.48. The molecule has 3 aromatic rings. The van der Waals surface area contributed by atoms with E-state index in [9.17, 15) is 9.59 Å². The number of rotatable bonds is 4. The number of nitrogens with two attached hydrogens (primary N) is 1. The number of imide groups is 1. The van der Waals surface area contributed by atoms with Crippen molar-refractivity contribution in [1.82, 2.24) is 14.8 Å². The third-order valence-corrected chi connectivity index (χ3v) is 6.34. The van der Waals surface area contributed by atoms with Gasteiger partial charge in [-0.1, -0.05) is 30.3 Å². The first-order valence-corrected chi connectivity index (χ1v) is 10.1. The van der Waals surface area contributed by atoms with E-state index >= 15 is 0 Å². The van der Waals surface area contributed by atoms with Crippen LogP contribution in [0.25, 0.3) is 10.9 Å². The molecule has 0 spiro atoms. The molecule has 3 amide bonds. The van der Waals surface area contributed by atoms with Crippen LogP contribution in [0.1, 0.15) is 29.8 Å². The first-order valence-electron chi connectivity index (χ1n) is 10.1. The Bertz CT molecular complexity index is 1160. The van der Waals surface area contributed by atoms with E-state index in [2.05, 4.69) is 4.98 Å². The maximum Gasteiger partial charge on any atom is 0.328 e.